The van der Waals surface area contributed by atoms with E-state index >= 15 is 0 Å². The molecule has 1 unspecified atom stereocenters. The van der Waals surface area contributed by atoms with E-state index in [0.29, 0.717) is 0 Å². The molecule has 1 aromatic carbocycles. The normalized spacial score (nSPS) is 24.6. The summed E-state index contributed by atoms with van der Waals surface area (Å²) in [6.07, 6.45) is 13.4. The van der Waals surface area contributed by atoms with Crippen molar-refractivity contribution >= 4 is 5.57 Å². The predicted octanol–water partition coefficient (Wildman–Crippen LogP) is 4.66. The number of para-hydroxylation sites is 1. The zero-order valence-corrected chi connectivity index (χ0v) is 11.1. The van der Waals surface area contributed by atoms with Gasteiger partial charge < -0.3 is 4.74 Å². The number of fused-ring (bicyclic) bond motifs is 3. The number of rotatable bonds is 0. The molecular formula is C18H18O. The van der Waals surface area contributed by atoms with Crippen LogP contribution in [0, 0.1) is 0 Å². The number of ether oxygens (including phenoxy) is 1. The third kappa shape index (κ3) is 1.76. The highest BCUT2D eigenvalue weighted by Crippen LogP contribution is 2.44. The molecule has 1 nitrogen and oxygen atoms in total. The van der Waals surface area contributed by atoms with Crippen LogP contribution in [0.4, 0.5) is 0 Å². The van der Waals surface area contributed by atoms with Crippen molar-refractivity contribution in [3.63, 3.8) is 0 Å². The van der Waals surface area contributed by atoms with Crippen LogP contribution in [0.3, 0.4) is 0 Å². The lowest BCUT2D eigenvalue weighted by Gasteiger charge is -2.24. The number of hydrogen-bond donors (Lipinski definition) is 0. The zero-order chi connectivity index (χ0) is 12.7. The predicted molar refractivity (Wildman–Crippen MR) is 78.1 cm³/mol. The van der Waals surface area contributed by atoms with Gasteiger partial charge in [-0.05, 0) is 37.3 Å². The van der Waals surface area contributed by atoms with Crippen molar-refractivity contribution in [2.75, 3.05) is 0 Å². The van der Waals surface area contributed by atoms with Gasteiger partial charge in [-0.25, -0.2) is 0 Å². The van der Waals surface area contributed by atoms with E-state index in [1.807, 2.05) is 0 Å². The molecule has 1 aliphatic heterocycles. The number of allylic oxidation sites excluding steroid dienone is 3. The van der Waals surface area contributed by atoms with Crippen LogP contribution in [0.15, 0.2) is 53.6 Å². The van der Waals surface area contributed by atoms with Crippen LogP contribution in [0.25, 0.3) is 5.57 Å². The minimum Gasteiger partial charge on any atom is -0.480 e. The highest BCUT2D eigenvalue weighted by atomic mass is 16.5. The van der Waals surface area contributed by atoms with Crippen molar-refractivity contribution in [1.29, 1.82) is 0 Å². The molecule has 4 rings (SSSR count). The van der Waals surface area contributed by atoms with Crippen LogP contribution < -0.4 is 4.74 Å². The third-order valence-corrected chi connectivity index (χ3v) is 4.42. The first-order valence-corrected chi connectivity index (χ1v) is 7.30. The smallest absolute Gasteiger partial charge is 0.150 e. The van der Waals surface area contributed by atoms with E-state index in [0.717, 1.165) is 5.75 Å². The van der Waals surface area contributed by atoms with Gasteiger partial charge in [0.25, 0.3) is 0 Å². The van der Waals surface area contributed by atoms with E-state index in [2.05, 4.69) is 42.5 Å². The van der Waals surface area contributed by atoms with Gasteiger partial charge in [-0.1, -0.05) is 48.4 Å². The van der Waals surface area contributed by atoms with E-state index in [4.69, 9.17) is 4.74 Å². The molecule has 96 valence electrons. The second kappa shape index (κ2) is 4.41. The second-order valence-corrected chi connectivity index (χ2v) is 5.59. The summed E-state index contributed by atoms with van der Waals surface area (Å²) in [5.74, 6) is 1.04. The molecule has 0 bridgehead atoms. The summed E-state index contributed by atoms with van der Waals surface area (Å²) in [6, 6.07) is 8.40. The van der Waals surface area contributed by atoms with Gasteiger partial charge in [0.1, 0.15) is 11.9 Å². The summed E-state index contributed by atoms with van der Waals surface area (Å²) >= 11 is 0. The Morgan fingerprint density at radius 3 is 2.74 bits per heavy atom. The molecule has 19 heavy (non-hydrogen) atoms. The lowest BCUT2D eigenvalue weighted by Crippen LogP contribution is -2.18. The standard InChI is InChI=1S/C18H18O/c1-2-7-13(8-3-1)14-10-6-11-16-15-9-4-5-12-17(15)19-18(14)16/h4-6,9-12,18H,1-3,7-8H2. The van der Waals surface area contributed by atoms with Crippen molar-refractivity contribution in [3.8, 4) is 5.75 Å². The molecule has 1 saturated carbocycles. The first-order chi connectivity index (χ1) is 9.43. The zero-order valence-electron chi connectivity index (χ0n) is 11.1. The SMILES string of the molecule is C1=CC(=C2CCCCC2)C2Oc3ccccc3C2=C1. The highest BCUT2D eigenvalue weighted by molar-refractivity contribution is 5.82. The Labute approximate surface area is 114 Å². The van der Waals surface area contributed by atoms with Gasteiger partial charge in [-0.15, -0.1) is 0 Å². The fourth-order valence-electron chi connectivity index (χ4n) is 3.46. The molecule has 0 radical (unpaired) electrons. The van der Waals surface area contributed by atoms with E-state index < -0.39 is 0 Å². The van der Waals surface area contributed by atoms with Gasteiger partial charge in [-0.3, -0.25) is 0 Å². The lowest BCUT2D eigenvalue weighted by atomic mass is 9.84. The fourth-order valence-corrected chi connectivity index (χ4v) is 3.46. The topological polar surface area (TPSA) is 9.23 Å². The largest absolute Gasteiger partial charge is 0.480 e. The Hall–Kier alpha value is -1.76. The molecule has 3 aliphatic rings. The molecule has 1 heterocycles. The van der Waals surface area contributed by atoms with Gasteiger partial charge in [0.15, 0.2) is 0 Å². The molecule has 1 aromatic rings. The molecule has 0 N–H and O–H groups in total. The molecule has 2 aliphatic carbocycles. The average molecular weight is 250 g/mol. The van der Waals surface area contributed by atoms with E-state index in [-0.39, 0.29) is 6.10 Å². The van der Waals surface area contributed by atoms with Crippen LogP contribution in [0.2, 0.25) is 0 Å². The quantitative estimate of drug-likeness (QED) is 0.650. The summed E-state index contributed by atoms with van der Waals surface area (Å²) in [7, 11) is 0. The minimum atomic E-state index is 0.149. The van der Waals surface area contributed by atoms with Crippen LogP contribution in [0.1, 0.15) is 37.7 Å². The van der Waals surface area contributed by atoms with Gasteiger partial charge in [0, 0.05) is 11.1 Å². The van der Waals surface area contributed by atoms with Gasteiger partial charge >= 0.3 is 0 Å². The maximum atomic E-state index is 6.20. The number of hydrogen-bond acceptors (Lipinski definition) is 1. The van der Waals surface area contributed by atoms with Crippen LogP contribution in [0.5, 0.6) is 5.75 Å². The van der Waals surface area contributed by atoms with Gasteiger partial charge in [-0.2, -0.15) is 0 Å². The molecule has 1 heteroatoms. The third-order valence-electron chi connectivity index (χ3n) is 4.42. The van der Waals surface area contributed by atoms with Crippen LogP contribution in [-0.4, -0.2) is 6.10 Å². The molecular weight excluding hydrogens is 232 g/mol. The summed E-state index contributed by atoms with van der Waals surface area (Å²) < 4.78 is 6.20. The molecule has 0 saturated heterocycles. The Balaban J connectivity index is 1.77. The van der Waals surface area contributed by atoms with Crippen molar-refractivity contribution < 1.29 is 4.74 Å². The lowest BCUT2D eigenvalue weighted by molar-refractivity contribution is 0.311. The van der Waals surface area contributed by atoms with Crippen molar-refractivity contribution in [3.05, 3.63) is 59.2 Å². The summed E-state index contributed by atoms with van der Waals surface area (Å²) in [6.45, 7) is 0. The van der Waals surface area contributed by atoms with Gasteiger partial charge in [0.05, 0.1) is 0 Å². The molecule has 0 spiro atoms. The van der Waals surface area contributed by atoms with Crippen LogP contribution >= 0.6 is 0 Å². The Bertz CT molecular complexity index is 596. The number of benzene rings is 1. The summed E-state index contributed by atoms with van der Waals surface area (Å²) in [5.41, 5.74) is 5.65. The molecule has 1 fully saturated rings. The summed E-state index contributed by atoms with van der Waals surface area (Å²) in [4.78, 5) is 0. The van der Waals surface area contributed by atoms with Gasteiger partial charge in [0.2, 0.25) is 0 Å². The fraction of sp³-hybridized carbons (Fsp3) is 0.333. The van der Waals surface area contributed by atoms with Crippen molar-refractivity contribution in [2.24, 2.45) is 0 Å². The minimum absolute atomic E-state index is 0.149. The Kier molecular flexibility index (Phi) is 2.58. The monoisotopic (exact) mass is 250 g/mol. The van der Waals surface area contributed by atoms with Crippen molar-refractivity contribution in [2.45, 2.75) is 38.2 Å². The second-order valence-electron chi connectivity index (χ2n) is 5.59. The molecule has 1 atom stereocenters. The Morgan fingerprint density at radius 2 is 1.84 bits per heavy atom. The first-order valence-electron chi connectivity index (χ1n) is 7.30. The first kappa shape index (κ1) is 11.1. The maximum absolute atomic E-state index is 6.20. The highest BCUT2D eigenvalue weighted by Gasteiger charge is 2.32. The molecule has 0 amide bonds. The summed E-state index contributed by atoms with van der Waals surface area (Å²) in [5, 5.41) is 0. The van der Waals surface area contributed by atoms with E-state index in [9.17, 15) is 0 Å². The van der Waals surface area contributed by atoms with E-state index in [1.165, 1.54) is 48.8 Å². The van der Waals surface area contributed by atoms with Crippen LogP contribution in [-0.2, 0) is 0 Å². The van der Waals surface area contributed by atoms with E-state index in [1.54, 1.807) is 5.57 Å². The Morgan fingerprint density at radius 1 is 1.00 bits per heavy atom. The molecule has 0 aromatic heterocycles. The van der Waals surface area contributed by atoms with Crippen molar-refractivity contribution in [1.82, 2.24) is 0 Å². The average Bonchev–Trinajstić information content (AvgIpc) is 2.87. The maximum Gasteiger partial charge on any atom is 0.150 e.